The first-order valence-corrected chi connectivity index (χ1v) is 9.82. The number of rotatable bonds is 4. The monoisotopic (exact) mass is 353 g/mol. The highest BCUT2D eigenvalue weighted by Gasteiger charge is 2.62. The first-order valence-electron chi connectivity index (χ1n) is 9.82. The SMILES string of the molecule is CN(C)c1ccc(/C=N\NC(=O)C23CC4C[C@@](C)(C2)C[C@](C)(C4)C3)cc1. The lowest BCUT2D eigenvalue weighted by molar-refractivity contribution is -0.170. The Bertz CT molecular complexity index is 718. The van der Waals surface area contributed by atoms with Gasteiger partial charge in [0.25, 0.3) is 0 Å². The van der Waals surface area contributed by atoms with Gasteiger partial charge in [-0.2, -0.15) is 5.10 Å². The van der Waals surface area contributed by atoms with Crippen LogP contribution < -0.4 is 10.3 Å². The van der Waals surface area contributed by atoms with Gasteiger partial charge < -0.3 is 4.90 Å². The van der Waals surface area contributed by atoms with E-state index in [0.29, 0.717) is 10.8 Å². The van der Waals surface area contributed by atoms with Crippen LogP contribution in [-0.4, -0.2) is 26.2 Å². The Morgan fingerprint density at radius 1 is 1.08 bits per heavy atom. The van der Waals surface area contributed by atoms with Crippen molar-refractivity contribution in [3.05, 3.63) is 29.8 Å². The Morgan fingerprint density at radius 2 is 1.69 bits per heavy atom. The highest BCUT2D eigenvalue weighted by atomic mass is 16.2. The van der Waals surface area contributed by atoms with Crippen LogP contribution in [0.25, 0.3) is 0 Å². The largest absolute Gasteiger partial charge is 0.378 e. The third-order valence-corrected chi connectivity index (χ3v) is 6.90. The zero-order chi connectivity index (χ0) is 18.6. The molecule has 0 aliphatic heterocycles. The normalized spacial score (nSPS) is 37.9. The Balaban J connectivity index is 1.45. The number of nitrogens with one attached hydrogen (secondary N) is 1. The number of hydrogen-bond donors (Lipinski definition) is 1. The molecule has 1 amide bonds. The summed E-state index contributed by atoms with van der Waals surface area (Å²) in [6.07, 6.45) is 8.76. The number of carbonyl (C=O) groups excluding carboxylic acids is 1. The molecule has 4 saturated carbocycles. The van der Waals surface area contributed by atoms with Crippen molar-refractivity contribution < 1.29 is 4.79 Å². The lowest BCUT2D eigenvalue weighted by atomic mass is 9.40. The van der Waals surface area contributed by atoms with Crippen molar-refractivity contribution in [1.29, 1.82) is 0 Å². The summed E-state index contributed by atoms with van der Waals surface area (Å²) in [7, 11) is 4.05. The molecule has 4 fully saturated rings. The summed E-state index contributed by atoms with van der Waals surface area (Å²) in [6, 6.07) is 8.17. The van der Waals surface area contributed by atoms with E-state index >= 15 is 0 Å². The first-order chi connectivity index (χ1) is 12.2. The van der Waals surface area contributed by atoms with Gasteiger partial charge in [0.2, 0.25) is 5.91 Å². The maximum Gasteiger partial charge on any atom is 0.246 e. The first kappa shape index (κ1) is 17.6. The van der Waals surface area contributed by atoms with E-state index in [-0.39, 0.29) is 11.3 Å². The summed E-state index contributed by atoms with van der Waals surface area (Å²) >= 11 is 0. The van der Waals surface area contributed by atoms with Crippen LogP contribution in [0.3, 0.4) is 0 Å². The lowest BCUT2D eigenvalue weighted by Gasteiger charge is -2.64. The van der Waals surface area contributed by atoms with Gasteiger partial charge in [-0.05, 0) is 73.0 Å². The highest BCUT2D eigenvalue weighted by molar-refractivity contribution is 5.86. The highest BCUT2D eigenvalue weighted by Crippen LogP contribution is 2.69. The number of anilines is 1. The van der Waals surface area contributed by atoms with Crippen LogP contribution in [0.15, 0.2) is 29.4 Å². The molecule has 1 N–H and O–H groups in total. The molecule has 4 heteroatoms. The fourth-order valence-corrected chi connectivity index (χ4v) is 6.84. The van der Waals surface area contributed by atoms with E-state index in [1.807, 2.05) is 26.2 Å². The molecule has 0 radical (unpaired) electrons. The summed E-state index contributed by atoms with van der Waals surface area (Å²) < 4.78 is 0. The molecule has 5 rings (SSSR count). The van der Waals surface area contributed by atoms with Crippen molar-refractivity contribution in [2.24, 2.45) is 27.3 Å². The Hall–Kier alpha value is -1.84. The zero-order valence-electron chi connectivity index (χ0n) is 16.5. The van der Waals surface area contributed by atoms with Crippen molar-refractivity contribution >= 4 is 17.8 Å². The van der Waals surface area contributed by atoms with E-state index in [2.05, 4.69) is 41.4 Å². The number of hydrogen-bond acceptors (Lipinski definition) is 3. The van der Waals surface area contributed by atoms with Crippen LogP contribution in [0.1, 0.15) is 57.9 Å². The minimum atomic E-state index is -0.199. The number of carbonyl (C=O) groups is 1. The van der Waals surface area contributed by atoms with Crippen LogP contribution in [0.2, 0.25) is 0 Å². The molecule has 4 atom stereocenters. The fourth-order valence-electron chi connectivity index (χ4n) is 6.84. The molecule has 4 aliphatic carbocycles. The second kappa shape index (κ2) is 5.83. The molecule has 1 aromatic carbocycles. The second-order valence-corrected chi connectivity index (χ2v) is 10.1. The van der Waals surface area contributed by atoms with Gasteiger partial charge in [-0.1, -0.05) is 26.0 Å². The average Bonchev–Trinajstić information content (AvgIpc) is 2.51. The minimum Gasteiger partial charge on any atom is -0.378 e. The molecule has 26 heavy (non-hydrogen) atoms. The number of amides is 1. The van der Waals surface area contributed by atoms with E-state index in [1.54, 1.807) is 6.21 Å². The summed E-state index contributed by atoms with van der Waals surface area (Å²) in [5.74, 6) is 0.856. The molecule has 1 aromatic rings. The average molecular weight is 354 g/mol. The van der Waals surface area contributed by atoms with E-state index in [9.17, 15) is 4.79 Å². The maximum atomic E-state index is 13.1. The summed E-state index contributed by atoms with van der Waals surface area (Å²) in [4.78, 5) is 15.1. The molecule has 0 heterocycles. The van der Waals surface area contributed by atoms with Gasteiger partial charge in [0.1, 0.15) is 0 Å². The molecule has 4 nitrogen and oxygen atoms in total. The van der Waals surface area contributed by atoms with E-state index < -0.39 is 0 Å². The van der Waals surface area contributed by atoms with Gasteiger partial charge in [0, 0.05) is 19.8 Å². The molecular weight excluding hydrogens is 322 g/mol. The third kappa shape index (κ3) is 3.04. The smallest absolute Gasteiger partial charge is 0.246 e. The van der Waals surface area contributed by atoms with Crippen molar-refractivity contribution in [3.63, 3.8) is 0 Å². The van der Waals surface area contributed by atoms with Crippen molar-refractivity contribution in [2.45, 2.75) is 52.4 Å². The molecule has 0 aromatic heterocycles. The molecule has 2 unspecified atom stereocenters. The van der Waals surface area contributed by atoms with Crippen molar-refractivity contribution in [1.82, 2.24) is 5.43 Å². The number of hydrazone groups is 1. The van der Waals surface area contributed by atoms with Crippen LogP contribution in [0, 0.1) is 22.2 Å². The van der Waals surface area contributed by atoms with Crippen LogP contribution in [0.4, 0.5) is 5.69 Å². The van der Waals surface area contributed by atoms with E-state index in [0.717, 1.165) is 36.4 Å². The van der Waals surface area contributed by atoms with Crippen LogP contribution >= 0.6 is 0 Å². The number of benzene rings is 1. The fraction of sp³-hybridized carbons (Fsp3) is 0.636. The molecule has 0 spiro atoms. The molecule has 4 aliphatic rings. The molecule has 0 saturated heterocycles. The molecular formula is C22H31N3O. The Morgan fingerprint density at radius 3 is 2.23 bits per heavy atom. The lowest BCUT2D eigenvalue weighted by Crippen LogP contribution is -2.59. The van der Waals surface area contributed by atoms with Gasteiger partial charge in [-0.25, -0.2) is 5.43 Å². The van der Waals surface area contributed by atoms with E-state index in [1.165, 1.54) is 19.3 Å². The Kier molecular flexibility index (Phi) is 3.94. The van der Waals surface area contributed by atoms with Gasteiger partial charge in [-0.3, -0.25) is 4.79 Å². The quantitative estimate of drug-likeness (QED) is 0.651. The van der Waals surface area contributed by atoms with Crippen molar-refractivity contribution in [2.75, 3.05) is 19.0 Å². The summed E-state index contributed by atoms with van der Waals surface area (Å²) in [5.41, 5.74) is 5.52. The van der Waals surface area contributed by atoms with Gasteiger partial charge in [0.05, 0.1) is 11.6 Å². The van der Waals surface area contributed by atoms with Gasteiger partial charge in [-0.15, -0.1) is 0 Å². The van der Waals surface area contributed by atoms with E-state index in [4.69, 9.17) is 0 Å². The summed E-state index contributed by atoms with van der Waals surface area (Å²) in [5, 5.41) is 4.28. The predicted octanol–water partition coefficient (Wildman–Crippen LogP) is 4.20. The number of nitrogens with zero attached hydrogens (tertiary/aromatic N) is 2. The van der Waals surface area contributed by atoms with Crippen LogP contribution in [0.5, 0.6) is 0 Å². The maximum absolute atomic E-state index is 13.1. The van der Waals surface area contributed by atoms with Gasteiger partial charge >= 0.3 is 0 Å². The van der Waals surface area contributed by atoms with Crippen LogP contribution in [-0.2, 0) is 4.79 Å². The topological polar surface area (TPSA) is 44.7 Å². The second-order valence-electron chi connectivity index (χ2n) is 10.1. The molecule has 140 valence electrons. The Labute approximate surface area is 157 Å². The zero-order valence-corrected chi connectivity index (χ0v) is 16.5. The summed E-state index contributed by atoms with van der Waals surface area (Å²) in [6.45, 7) is 4.79. The standard InChI is InChI=1S/C22H31N3O/c1-20-9-17-10-21(2,13-20)15-22(11-17,14-20)19(26)24-23-12-16-5-7-18(8-6-16)25(3)4/h5-8,12,17H,9-11,13-15H2,1-4H3,(H,24,26)/b23-12-/t17?,20-,21+,22?. The van der Waals surface area contributed by atoms with Crippen molar-refractivity contribution in [3.8, 4) is 0 Å². The third-order valence-electron chi connectivity index (χ3n) is 6.90. The minimum absolute atomic E-state index is 0.139. The van der Waals surface area contributed by atoms with Gasteiger partial charge in [0.15, 0.2) is 0 Å². The predicted molar refractivity (Wildman–Crippen MR) is 106 cm³/mol. The molecule has 4 bridgehead atoms.